The second-order valence-corrected chi connectivity index (χ2v) is 5.51. The number of amides is 1. The highest BCUT2D eigenvalue weighted by molar-refractivity contribution is 5.84. The summed E-state index contributed by atoms with van der Waals surface area (Å²) in [6.07, 6.45) is 1.92. The zero-order chi connectivity index (χ0) is 13.1. The van der Waals surface area contributed by atoms with Gasteiger partial charge in [0.15, 0.2) is 0 Å². The Morgan fingerprint density at radius 3 is 2.35 bits per heavy atom. The number of hydrogen-bond acceptors (Lipinski definition) is 3. The van der Waals surface area contributed by atoms with Crippen LogP contribution in [0.2, 0.25) is 0 Å². The van der Waals surface area contributed by atoms with Crippen LogP contribution >= 0.6 is 0 Å². The summed E-state index contributed by atoms with van der Waals surface area (Å²) in [5.74, 6) is -1.09. The van der Waals surface area contributed by atoms with Gasteiger partial charge in [0.05, 0.1) is 5.41 Å². The van der Waals surface area contributed by atoms with Gasteiger partial charge in [0.2, 0.25) is 5.91 Å². The molecule has 0 spiro atoms. The summed E-state index contributed by atoms with van der Waals surface area (Å²) >= 11 is 0. The van der Waals surface area contributed by atoms with Crippen LogP contribution in [0.1, 0.15) is 33.1 Å². The fourth-order valence-electron chi connectivity index (χ4n) is 1.91. The predicted octanol–water partition coefficient (Wildman–Crippen LogP) is 0.698. The molecule has 0 aliphatic carbocycles. The fraction of sp³-hybridized carbons (Fsp3) is 0.833. The molecule has 0 aromatic heterocycles. The summed E-state index contributed by atoms with van der Waals surface area (Å²) in [6, 6.07) is 0.197. The number of hydrogen-bond donors (Lipinski definition) is 2. The van der Waals surface area contributed by atoms with Crippen LogP contribution < -0.4 is 5.32 Å². The number of piperidine rings is 1. The minimum atomic E-state index is -0.991. The molecule has 5 heteroatoms. The lowest BCUT2D eigenvalue weighted by Crippen LogP contribution is -2.44. The van der Waals surface area contributed by atoms with Gasteiger partial charge in [-0.05, 0) is 46.8 Å². The first kappa shape index (κ1) is 14.0. The molecule has 1 fully saturated rings. The van der Waals surface area contributed by atoms with Gasteiger partial charge in [-0.2, -0.15) is 0 Å². The van der Waals surface area contributed by atoms with E-state index in [0.717, 1.165) is 25.9 Å². The maximum absolute atomic E-state index is 11.7. The van der Waals surface area contributed by atoms with Gasteiger partial charge in [-0.1, -0.05) is 0 Å². The Balaban J connectivity index is 2.37. The lowest BCUT2D eigenvalue weighted by Gasteiger charge is -2.30. The normalized spacial score (nSPS) is 19.0. The lowest BCUT2D eigenvalue weighted by molar-refractivity contribution is -0.149. The van der Waals surface area contributed by atoms with E-state index in [1.54, 1.807) is 13.8 Å². The third-order valence-electron chi connectivity index (χ3n) is 3.27. The Hall–Kier alpha value is -1.10. The van der Waals surface area contributed by atoms with Gasteiger partial charge in [0.1, 0.15) is 0 Å². The molecule has 1 amide bonds. The van der Waals surface area contributed by atoms with E-state index in [9.17, 15) is 9.59 Å². The zero-order valence-corrected chi connectivity index (χ0v) is 10.8. The topological polar surface area (TPSA) is 69.6 Å². The standard InChI is InChI=1S/C12H22N2O3/c1-12(2,11(16)17)8-10(15)13-9-4-6-14(3)7-5-9/h9H,4-8H2,1-3H3,(H,13,15)(H,16,17). The third kappa shape index (κ3) is 4.34. The third-order valence-corrected chi connectivity index (χ3v) is 3.27. The molecule has 98 valence electrons. The maximum atomic E-state index is 11.7. The number of carboxylic acids is 1. The Morgan fingerprint density at radius 2 is 1.88 bits per heavy atom. The number of rotatable bonds is 4. The number of nitrogens with zero attached hydrogens (tertiary/aromatic N) is 1. The quantitative estimate of drug-likeness (QED) is 0.761. The van der Waals surface area contributed by atoms with Crippen LogP contribution in [-0.4, -0.2) is 48.1 Å². The van der Waals surface area contributed by atoms with Crippen LogP contribution in [0.4, 0.5) is 0 Å². The molecule has 0 saturated carbocycles. The van der Waals surface area contributed by atoms with E-state index in [-0.39, 0.29) is 18.4 Å². The molecular weight excluding hydrogens is 220 g/mol. The van der Waals surface area contributed by atoms with Crippen molar-refractivity contribution >= 4 is 11.9 Å². The molecule has 1 aliphatic heterocycles. The summed E-state index contributed by atoms with van der Waals surface area (Å²) in [6.45, 7) is 5.10. The van der Waals surface area contributed by atoms with Crippen LogP contribution in [0.25, 0.3) is 0 Å². The van der Waals surface area contributed by atoms with Gasteiger partial charge >= 0.3 is 5.97 Å². The van der Waals surface area contributed by atoms with Crippen LogP contribution in [0, 0.1) is 5.41 Å². The molecular formula is C12H22N2O3. The highest BCUT2D eigenvalue weighted by atomic mass is 16.4. The number of aliphatic carboxylic acids is 1. The van der Waals surface area contributed by atoms with E-state index in [1.165, 1.54) is 0 Å². The molecule has 5 nitrogen and oxygen atoms in total. The number of carbonyl (C=O) groups is 2. The van der Waals surface area contributed by atoms with E-state index < -0.39 is 11.4 Å². The van der Waals surface area contributed by atoms with E-state index >= 15 is 0 Å². The highest BCUT2D eigenvalue weighted by Gasteiger charge is 2.31. The molecule has 1 saturated heterocycles. The summed E-state index contributed by atoms with van der Waals surface area (Å²) in [5.41, 5.74) is -0.991. The minimum absolute atomic E-state index is 0.0364. The van der Waals surface area contributed by atoms with Gasteiger partial charge in [-0.25, -0.2) is 0 Å². The second kappa shape index (κ2) is 5.49. The van der Waals surface area contributed by atoms with Crippen molar-refractivity contribution in [2.24, 2.45) is 5.41 Å². The van der Waals surface area contributed by atoms with Crippen molar-refractivity contribution in [2.75, 3.05) is 20.1 Å². The predicted molar refractivity (Wildman–Crippen MR) is 64.7 cm³/mol. The van der Waals surface area contributed by atoms with E-state index in [4.69, 9.17) is 5.11 Å². The van der Waals surface area contributed by atoms with Crippen LogP contribution in [0.15, 0.2) is 0 Å². The average molecular weight is 242 g/mol. The van der Waals surface area contributed by atoms with Gasteiger partial charge in [0.25, 0.3) is 0 Å². The minimum Gasteiger partial charge on any atom is -0.481 e. The van der Waals surface area contributed by atoms with Crippen molar-refractivity contribution in [2.45, 2.75) is 39.2 Å². The fourth-order valence-corrected chi connectivity index (χ4v) is 1.91. The van der Waals surface area contributed by atoms with Crippen molar-refractivity contribution in [3.05, 3.63) is 0 Å². The largest absolute Gasteiger partial charge is 0.481 e. The number of carbonyl (C=O) groups excluding carboxylic acids is 1. The summed E-state index contributed by atoms with van der Waals surface area (Å²) in [5, 5.41) is 11.9. The lowest BCUT2D eigenvalue weighted by atomic mass is 9.89. The summed E-state index contributed by atoms with van der Waals surface area (Å²) in [4.78, 5) is 24.9. The Kier molecular flexibility index (Phi) is 4.51. The van der Waals surface area contributed by atoms with Crippen molar-refractivity contribution < 1.29 is 14.7 Å². The van der Waals surface area contributed by atoms with Gasteiger partial charge in [-0.15, -0.1) is 0 Å². The number of likely N-dealkylation sites (tertiary alicyclic amines) is 1. The Morgan fingerprint density at radius 1 is 1.35 bits per heavy atom. The first-order valence-corrected chi connectivity index (χ1v) is 6.02. The smallest absolute Gasteiger partial charge is 0.309 e. The second-order valence-electron chi connectivity index (χ2n) is 5.51. The molecule has 0 aromatic carbocycles. The monoisotopic (exact) mass is 242 g/mol. The van der Waals surface area contributed by atoms with Crippen molar-refractivity contribution in [3.63, 3.8) is 0 Å². The SMILES string of the molecule is CN1CCC(NC(=O)CC(C)(C)C(=O)O)CC1. The first-order chi connectivity index (χ1) is 7.81. The average Bonchev–Trinajstić information content (AvgIpc) is 2.20. The molecule has 1 aliphatic rings. The molecule has 0 aromatic rings. The van der Waals surface area contributed by atoms with Crippen LogP contribution in [0.3, 0.4) is 0 Å². The van der Waals surface area contributed by atoms with Crippen molar-refractivity contribution in [1.29, 1.82) is 0 Å². The molecule has 17 heavy (non-hydrogen) atoms. The zero-order valence-electron chi connectivity index (χ0n) is 10.8. The van der Waals surface area contributed by atoms with Gasteiger partial charge in [0, 0.05) is 12.5 Å². The van der Waals surface area contributed by atoms with E-state index in [0.29, 0.717) is 0 Å². The summed E-state index contributed by atoms with van der Waals surface area (Å²) < 4.78 is 0. The molecule has 1 heterocycles. The highest BCUT2D eigenvalue weighted by Crippen LogP contribution is 2.20. The van der Waals surface area contributed by atoms with Crippen LogP contribution in [0.5, 0.6) is 0 Å². The van der Waals surface area contributed by atoms with Crippen molar-refractivity contribution in [3.8, 4) is 0 Å². The van der Waals surface area contributed by atoms with Crippen LogP contribution in [-0.2, 0) is 9.59 Å². The van der Waals surface area contributed by atoms with E-state index in [1.807, 2.05) is 0 Å². The summed E-state index contributed by atoms with van der Waals surface area (Å²) in [7, 11) is 2.06. The van der Waals surface area contributed by atoms with Gasteiger partial charge < -0.3 is 15.3 Å². The Bertz CT molecular complexity index is 294. The molecule has 2 N–H and O–H groups in total. The Labute approximate surface area is 102 Å². The maximum Gasteiger partial charge on any atom is 0.309 e. The van der Waals surface area contributed by atoms with Gasteiger partial charge in [-0.3, -0.25) is 9.59 Å². The molecule has 0 bridgehead atoms. The molecule has 0 unspecified atom stereocenters. The molecule has 0 radical (unpaired) electrons. The molecule has 0 atom stereocenters. The van der Waals surface area contributed by atoms with E-state index in [2.05, 4.69) is 17.3 Å². The number of nitrogens with one attached hydrogen (secondary N) is 1. The molecule has 1 rings (SSSR count). The van der Waals surface area contributed by atoms with Crippen molar-refractivity contribution in [1.82, 2.24) is 10.2 Å². The number of carboxylic acid groups (broad SMARTS) is 1. The first-order valence-electron chi connectivity index (χ1n) is 6.02.